The number of nitro groups is 1. The minimum absolute atomic E-state index is 0.000284. The fraction of sp³-hybridized carbons (Fsp3) is 0.700. The molecule has 1 aromatic heterocycles. The van der Waals surface area contributed by atoms with E-state index in [0.29, 0.717) is 5.82 Å². The molecule has 168 valence electrons. The first-order chi connectivity index (χ1) is 13.8. The Kier molecular flexibility index (Phi) is 9.13. The summed E-state index contributed by atoms with van der Waals surface area (Å²) in [4.78, 5) is 50.7. The van der Waals surface area contributed by atoms with Crippen molar-refractivity contribution in [3.05, 3.63) is 22.1 Å². The van der Waals surface area contributed by atoms with Crippen LogP contribution < -0.4 is 0 Å². The van der Waals surface area contributed by atoms with Crippen LogP contribution in [-0.2, 0) is 30.4 Å². The standard InChI is InChI=1S/C20H31N3O7/c1-13(2)16(19(26)30-20(4,5)6)11-15(24)7-8-18(25)29-10-9-22-14(3)21-12-17(22)23(27)28/h12-13,16H,7-11H2,1-6H3/t16-/m0/s1. The number of carbonyl (C=O) groups is 3. The summed E-state index contributed by atoms with van der Waals surface area (Å²) in [5.41, 5.74) is -0.639. The molecule has 30 heavy (non-hydrogen) atoms. The van der Waals surface area contributed by atoms with Crippen molar-refractivity contribution in [2.75, 3.05) is 6.61 Å². The van der Waals surface area contributed by atoms with E-state index < -0.39 is 28.4 Å². The van der Waals surface area contributed by atoms with Gasteiger partial charge >= 0.3 is 17.8 Å². The highest BCUT2D eigenvalue weighted by molar-refractivity contribution is 5.87. The SMILES string of the molecule is Cc1ncc([N+](=O)[O-])n1CCOC(=O)CCC(=O)C[C@H](C(=O)OC(C)(C)C)C(C)C. The molecule has 1 atom stereocenters. The van der Waals surface area contributed by atoms with Gasteiger partial charge in [-0.2, -0.15) is 0 Å². The Morgan fingerprint density at radius 2 is 1.87 bits per heavy atom. The van der Waals surface area contributed by atoms with Gasteiger partial charge in [-0.15, -0.1) is 0 Å². The number of imidazole rings is 1. The van der Waals surface area contributed by atoms with Gasteiger partial charge < -0.3 is 19.6 Å². The van der Waals surface area contributed by atoms with Crippen LogP contribution in [0.2, 0.25) is 0 Å². The molecule has 0 radical (unpaired) electrons. The summed E-state index contributed by atoms with van der Waals surface area (Å²) in [7, 11) is 0. The summed E-state index contributed by atoms with van der Waals surface area (Å²) >= 11 is 0. The number of ketones is 1. The molecule has 1 aromatic rings. The molecule has 0 unspecified atom stereocenters. The maximum absolute atomic E-state index is 12.3. The number of hydrogen-bond donors (Lipinski definition) is 0. The van der Waals surface area contributed by atoms with E-state index in [1.54, 1.807) is 27.7 Å². The first-order valence-electron chi connectivity index (χ1n) is 9.88. The third-order valence-electron chi connectivity index (χ3n) is 4.37. The Hall–Kier alpha value is -2.78. The van der Waals surface area contributed by atoms with Crippen LogP contribution in [0.25, 0.3) is 0 Å². The number of rotatable bonds is 11. The number of nitrogens with zero attached hydrogens (tertiary/aromatic N) is 3. The Labute approximate surface area is 176 Å². The van der Waals surface area contributed by atoms with E-state index in [-0.39, 0.29) is 49.9 Å². The number of esters is 2. The first kappa shape index (κ1) is 25.3. The summed E-state index contributed by atoms with van der Waals surface area (Å²) in [6.45, 7) is 10.6. The molecule has 0 aromatic carbocycles. The Morgan fingerprint density at radius 3 is 2.40 bits per heavy atom. The van der Waals surface area contributed by atoms with E-state index in [4.69, 9.17) is 9.47 Å². The highest BCUT2D eigenvalue weighted by atomic mass is 16.6. The van der Waals surface area contributed by atoms with Crippen LogP contribution in [0.3, 0.4) is 0 Å². The molecule has 1 rings (SSSR count). The van der Waals surface area contributed by atoms with Gasteiger partial charge in [-0.25, -0.2) is 9.55 Å². The average molecular weight is 425 g/mol. The average Bonchev–Trinajstić information content (AvgIpc) is 2.97. The third kappa shape index (κ3) is 8.30. The molecule has 0 bridgehead atoms. The highest BCUT2D eigenvalue weighted by Crippen LogP contribution is 2.22. The van der Waals surface area contributed by atoms with E-state index in [0.717, 1.165) is 6.20 Å². The van der Waals surface area contributed by atoms with Gasteiger partial charge in [0.25, 0.3) is 0 Å². The van der Waals surface area contributed by atoms with Crippen molar-refractivity contribution in [3.8, 4) is 0 Å². The topological polar surface area (TPSA) is 131 Å². The summed E-state index contributed by atoms with van der Waals surface area (Å²) in [6, 6.07) is 0. The number of aryl methyl sites for hydroxylation is 1. The Balaban J connectivity index is 2.46. The van der Waals surface area contributed by atoms with Gasteiger partial charge in [0.1, 0.15) is 30.7 Å². The number of hydrogen-bond acceptors (Lipinski definition) is 8. The van der Waals surface area contributed by atoms with Crippen molar-refractivity contribution in [2.24, 2.45) is 11.8 Å². The van der Waals surface area contributed by atoms with Gasteiger partial charge in [0.15, 0.2) is 5.82 Å². The van der Waals surface area contributed by atoms with Gasteiger partial charge in [0.05, 0.1) is 12.3 Å². The molecule has 0 aliphatic heterocycles. The monoisotopic (exact) mass is 425 g/mol. The molecule has 0 N–H and O–H groups in total. The largest absolute Gasteiger partial charge is 0.461 e. The quantitative estimate of drug-likeness (QED) is 0.300. The van der Waals surface area contributed by atoms with Gasteiger partial charge in [0, 0.05) is 19.8 Å². The third-order valence-corrected chi connectivity index (χ3v) is 4.37. The molecule has 10 nitrogen and oxygen atoms in total. The van der Waals surface area contributed by atoms with Crippen molar-refractivity contribution >= 4 is 23.5 Å². The lowest BCUT2D eigenvalue weighted by Gasteiger charge is -2.25. The molecule has 0 aliphatic rings. The summed E-state index contributed by atoms with van der Waals surface area (Å²) in [5.74, 6) is -1.62. The molecule has 0 spiro atoms. The lowest BCUT2D eigenvalue weighted by molar-refractivity contribution is -0.392. The van der Waals surface area contributed by atoms with Crippen LogP contribution in [-0.4, -0.2) is 44.4 Å². The van der Waals surface area contributed by atoms with Crippen LogP contribution in [0.5, 0.6) is 0 Å². The predicted octanol–water partition coefficient (Wildman–Crippen LogP) is 3.00. The van der Waals surface area contributed by atoms with Crippen LogP contribution in [0.4, 0.5) is 5.82 Å². The molecule has 1 heterocycles. The Bertz CT molecular complexity index is 778. The van der Waals surface area contributed by atoms with Crippen LogP contribution in [0.1, 0.15) is 59.7 Å². The molecule has 0 amide bonds. The van der Waals surface area contributed by atoms with Gasteiger partial charge in [0.2, 0.25) is 0 Å². The molecule has 0 fully saturated rings. The normalized spacial score (nSPS) is 12.5. The van der Waals surface area contributed by atoms with Gasteiger partial charge in [-0.05, 0) is 31.6 Å². The highest BCUT2D eigenvalue weighted by Gasteiger charge is 2.29. The van der Waals surface area contributed by atoms with Crippen LogP contribution in [0.15, 0.2) is 6.20 Å². The zero-order valence-electron chi connectivity index (χ0n) is 18.5. The second-order valence-electron chi connectivity index (χ2n) is 8.42. The van der Waals surface area contributed by atoms with Gasteiger partial charge in [-0.1, -0.05) is 13.8 Å². The number of carbonyl (C=O) groups excluding carboxylic acids is 3. The number of aromatic nitrogens is 2. The molecule has 0 saturated carbocycles. The zero-order valence-corrected chi connectivity index (χ0v) is 18.5. The number of Topliss-reactive ketones (excluding diaryl/α,β-unsaturated/α-hetero) is 1. The Morgan fingerprint density at radius 1 is 1.23 bits per heavy atom. The second-order valence-corrected chi connectivity index (χ2v) is 8.42. The van der Waals surface area contributed by atoms with E-state index in [9.17, 15) is 24.5 Å². The van der Waals surface area contributed by atoms with Gasteiger partial charge in [-0.3, -0.25) is 14.4 Å². The summed E-state index contributed by atoms with van der Waals surface area (Å²) in [5, 5.41) is 10.9. The minimum Gasteiger partial charge on any atom is -0.461 e. The molecule has 0 aliphatic carbocycles. The van der Waals surface area contributed by atoms with Crippen molar-refractivity contribution in [1.29, 1.82) is 0 Å². The van der Waals surface area contributed by atoms with Crippen molar-refractivity contribution < 1.29 is 28.8 Å². The molecular formula is C20H31N3O7. The van der Waals surface area contributed by atoms with E-state index in [2.05, 4.69) is 4.98 Å². The lowest BCUT2D eigenvalue weighted by atomic mass is 9.89. The summed E-state index contributed by atoms with van der Waals surface area (Å²) < 4.78 is 11.8. The van der Waals surface area contributed by atoms with E-state index >= 15 is 0 Å². The van der Waals surface area contributed by atoms with Crippen molar-refractivity contribution in [1.82, 2.24) is 9.55 Å². The fourth-order valence-electron chi connectivity index (χ4n) is 2.76. The van der Waals surface area contributed by atoms with E-state index in [1.807, 2.05) is 13.8 Å². The fourth-order valence-corrected chi connectivity index (χ4v) is 2.76. The van der Waals surface area contributed by atoms with Crippen molar-refractivity contribution in [3.63, 3.8) is 0 Å². The molecule has 0 saturated heterocycles. The summed E-state index contributed by atoms with van der Waals surface area (Å²) in [6.07, 6.45) is 0.976. The predicted molar refractivity (Wildman–Crippen MR) is 108 cm³/mol. The molecular weight excluding hydrogens is 394 g/mol. The molecule has 10 heteroatoms. The first-order valence-corrected chi connectivity index (χ1v) is 9.88. The zero-order chi connectivity index (χ0) is 23.1. The lowest BCUT2D eigenvalue weighted by Crippen LogP contribution is -2.32. The number of ether oxygens (including phenoxy) is 2. The second kappa shape index (κ2) is 10.8. The maximum atomic E-state index is 12.3. The minimum atomic E-state index is -0.639. The van der Waals surface area contributed by atoms with Crippen LogP contribution in [0, 0.1) is 28.9 Å². The van der Waals surface area contributed by atoms with Crippen molar-refractivity contribution in [2.45, 2.75) is 73.0 Å². The van der Waals surface area contributed by atoms with E-state index in [1.165, 1.54) is 4.57 Å². The smallest absolute Gasteiger partial charge is 0.342 e. The van der Waals surface area contributed by atoms with Crippen LogP contribution >= 0.6 is 0 Å². The maximum Gasteiger partial charge on any atom is 0.342 e.